The van der Waals surface area contributed by atoms with Gasteiger partial charge in [0.25, 0.3) is 0 Å². The Bertz CT molecular complexity index is 223. The number of piperidine rings is 1. The summed E-state index contributed by atoms with van der Waals surface area (Å²) >= 11 is 0. The van der Waals surface area contributed by atoms with E-state index in [4.69, 9.17) is 0 Å². The molecule has 2 aliphatic rings. The molecular weight excluding hydrogens is 220 g/mol. The normalized spacial score (nSPS) is 31.7. The van der Waals surface area contributed by atoms with Gasteiger partial charge < -0.3 is 10.2 Å². The van der Waals surface area contributed by atoms with Crippen molar-refractivity contribution in [2.75, 3.05) is 19.6 Å². The molecule has 0 spiro atoms. The van der Waals surface area contributed by atoms with Crippen LogP contribution in [0.4, 0.5) is 0 Å². The van der Waals surface area contributed by atoms with E-state index in [-0.39, 0.29) is 0 Å². The SMILES string of the molecule is CCCCN1CC(C)CC(NC2CCCCC2)C1. The van der Waals surface area contributed by atoms with E-state index in [0.29, 0.717) is 0 Å². The molecule has 1 saturated heterocycles. The molecule has 2 nitrogen and oxygen atoms in total. The Balaban J connectivity index is 1.76. The Morgan fingerprint density at radius 1 is 1.06 bits per heavy atom. The molecule has 1 N–H and O–H groups in total. The van der Waals surface area contributed by atoms with Gasteiger partial charge in [-0.25, -0.2) is 0 Å². The van der Waals surface area contributed by atoms with Crippen molar-refractivity contribution in [3.8, 4) is 0 Å². The fourth-order valence-electron chi connectivity index (χ4n) is 3.75. The number of hydrogen-bond acceptors (Lipinski definition) is 2. The van der Waals surface area contributed by atoms with Crippen molar-refractivity contribution >= 4 is 0 Å². The molecule has 2 rings (SSSR count). The molecule has 1 heterocycles. The molecule has 0 aromatic heterocycles. The standard InChI is InChI=1S/C16H32N2/c1-3-4-10-18-12-14(2)11-16(13-18)17-15-8-6-5-7-9-15/h14-17H,3-13H2,1-2H3. The van der Waals surface area contributed by atoms with E-state index in [1.807, 2.05) is 0 Å². The van der Waals surface area contributed by atoms with Crippen LogP contribution < -0.4 is 5.32 Å². The lowest BCUT2D eigenvalue weighted by Crippen LogP contribution is -2.51. The maximum absolute atomic E-state index is 3.95. The molecule has 2 unspecified atom stereocenters. The molecule has 2 heteroatoms. The van der Waals surface area contributed by atoms with Gasteiger partial charge in [0.05, 0.1) is 0 Å². The Kier molecular flexibility index (Phi) is 5.97. The van der Waals surface area contributed by atoms with Gasteiger partial charge in [-0.2, -0.15) is 0 Å². The largest absolute Gasteiger partial charge is 0.310 e. The summed E-state index contributed by atoms with van der Waals surface area (Å²) in [6.45, 7) is 8.65. The van der Waals surface area contributed by atoms with Crippen LogP contribution in [0.1, 0.15) is 65.2 Å². The molecule has 2 fully saturated rings. The summed E-state index contributed by atoms with van der Waals surface area (Å²) in [6, 6.07) is 1.58. The molecule has 0 aromatic rings. The summed E-state index contributed by atoms with van der Waals surface area (Å²) in [5, 5.41) is 3.95. The predicted molar refractivity (Wildman–Crippen MR) is 78.9 cm³/mol. The lowest BCUT2D eigenvalue weighted by atomic mass is 9.91. The van der Waals surface area contributed by atoms with E-state index < -0.39 is 0 Å². The highest BCUT2D eigenvalue weighted by Crippen LogP contribution is 2.22. The van der Waals surface area contributed by atoms with Crippen LogP contribution in [0.5, 0.6) is 0 Å². The highest BCUT2D eigenvalue weighted by Gasteiger charge is 2.26. The Hall–Kier alpha value is -0.0800. The van der Waals surface area contributed by atoms with Crippen molar-refractivity contribution in [3.63, 3.8) is 0 Å². The number of nitrogens with zero attached hydrogens (tertiary/aromatic N) is 1. The van der Waals surface area contributed by atoms with Crippen molar-refractivity contribution in [1.29, 1.82) is 0 Å². The first-order chi connectivity index (χ1) is 8.78. The average molecular weight is 252 g/mol. The summed E-state index contributed by atoms with van der Waals surface area (Å²) in [5.41, 5.74) is 0. The van der Waals surface area contributed by atoms with Gasteiger partial charge in [0, 0.05) is 25.2 Å². The fourth-order valence-corrected chi connectivity index (χ4v) is 3.75. The lowest BCUT2D eigenvalue weighted by Gasteiger charge is -2.39. The number of hydrogen-bond donors (Lipinski definition) is 1. The molecule has 0 bridgehead atoms. The zero-order valence-electron chi connectivity index (χ0n) is 12.5. The first kappa shape index (κ1) is 14.3. The second kappa shape index (κ2) is 7.49. The van der Waals surface area contributed by atoms with Crippen LogP contribution in [0, 0.1) is 5.92 Å². The molecule has 0 amide bonds. The maximum Gasteiger partial charge on any atom is 0.0200 e. The van der Waals surface area contributed by atoms with Gasteiger partial charge >= 0.3 is 0 Å². The number of rotatable bonds is 5. The van der Waals surface area contributed by atoms with Gasteiger partial charge in [0.2, 0.25) is 0 Å². The summed E-state index contributed by atoms with van der Waals surface area (Å²) in [4.78, 5) is 2.69. The third-order valence-electron chi connectivity index (χ3n) is 4.64. The second-order valence-corrected chi connectivity index (χ2v) is 6.65. The van der Waals surface area contributed by atoms with E-state index in [2.05, 4.69) is 24.1 Å². The smallest absolute Gasteiger partial charge is 0.0200 e. The third-order valence-corrected chi connectivity index (χ3v) is 4.64. The van der Waals surface area contributed by atoms with Gasteiger partial charge in [-0.15, -0.1) is 0 Å². The van der Waals surface area contributed by atoms with Gasteiger partial charge in [-0.05, 0) is 38.1 Å². The average Bonchev–Trinajstić information content (AvgIpc) is 2.37. The molecular formula is C16H32N2. The number of unbranched alkanes of at least 4 members (excludes halogenated alkanes) is 1. The van der Waals surface area contributed by atoms with Gasteiger partial charge in [0.15, 0.2) is 0 Å². The molecule has 0 aromatic carbocycles. The molecule has 106 valence electrons. The van der Waals surface area contributed by atoms with E-state index in [1.54, 1.807) is 0 Å². The summed E-state index contributed by atoms with van der Waals surface area (Å²) in [6.07, 6.45) is 11.3. The molecule has 1 aliphatic heterocycles. The Morgan fingerprint density at radius 3 is 2.56 bits per heavy atom. The van der Waals surface area contributed by atoms with Crippen LogP contribution in [0.2, 0.25) is 0 Å². The van der Waals surface area contributed by atoms with Crippen molar-refractivity contribution in [2.24, 2.45) is 5.92 Å². The molecule has 0 radical (unpaired) electrons. The summed E-state index contributed by atoms with van der Waals surface area (Å²) in [7, 11) is 0. The quantitative estimate of drug-likeness (QED) is 0.806. The van der Waals surface area contributed by atoms with Crippen molar-refractivity contribution < 1.29 is 0 Å². The van der Waals surface area contributed by atoms with Crippen LogP contribution in [0.25, 0.3) is 0 Å². The third kappa shape index (κ3) is 4.55. The fraction of sp³-hybridized carbons (Fsp3) is 1.00. The van der Waals surface area contributed by atoms with Crippen LogP contribution in [-0.4, -0.2) is 36.6 Å². The highest BCUT2D eigenvalue weighted by molar-refractivity contribution is 4.85. The zero-order chi connectivity index (χ0) is 12.8. The Morgan fingerprint density at radius 2 is 1.83 bits per heavy atom. The van der Waals surface area contributed by atoms with E-state index in [0.717, 1.165) is 18.0 Å². The minimum Gasteiger partial charge on any atom is -0.310 e. The van der Waals surface area contributed by atoms with Gasteiger partial charge in [-0.1, -0.05) is 39.5 Å². The van der Waals surface area contributed by atoms with Gasteiger partial charge in [0.1, 0.15) is 0 Å². The number of likely N-dealkylation sites (tertiary alicyclic amines) is 1. The Labute approximate surface area is 114 Å². The predicted octanol–water partition coefficient (Wildman–Crippen LogP) is 3.42. The van der Waals surface area contributed by atoms with E-state index in [1.165, 1.54) is 71.0 Å². The van der Waals surface area contributed by atoms with Crippen molar-refractivity contribution in [1.82, 2.24) is 10.2 Å². The minimum atomic E-state index is 0.758. The maximum atomic E-state index is 3.95. The van der Waals surface area contributed by atoms with Crippen LogP contribution >= 0.6 is 0 Å². The van der Waals surface area contributed by atoms with Gasteiger partial charge in [-0.3, -0.25) is 0 Å². The van der Waals surface area contributed by atoms with E-state index in [9.17, 15) is 0 Å². The van der Waals surface area contributed by atoms with Crippen LogP contribution in [0.3, 0.4) is 0 Å². The summed E-state index contributed by atoms with van der Waals surface area (Å²) < 4.78 is 0. The minimum absolute atomic E-state index is 0.758. The molecule has 1 saturated carbocycles. The molecule has 1 aliphatic carbocycles. The molecule has 2 atom stereocenters. The lowest BCUT2D eigenvalue weighted by molar-refractivity contribution is 0.136. The number of nitrogens with one attached hydrogen (secondary N) is 1. The van der Waals surface area contributed by atoms with Crippen LogP contribution in [-0.2, 0) is 0 Å². The van der Waals surface area contributed by atoms with Crippen molar-refractivity contribution in [2.45, 2.75) is 77.3 Å². The highest BCUT2D eigenvalue weighted by atomic mass is 15.2. The monoisotopic (exact) mass is 252 g/mol. The van der Waals surface area contributed by atoms with Crippen LogP contribution in [0.15, 0.2) is 0 Å². The van der Waals surface area contributed by atoms with E-state index >= 15 is 0 Å². The first-order valence-electron chi connectivity index (χ1n) is 8.26. The summed E-state index contributed by atoms with van der Waals surface area (Å²) in [5.74, 6) is 0.872. The van der Waals surface area contributed by atoms with Crippen molar-refractivity contribution in [3.05, 3.63) is 0 Å². The second-order valence-electron chi connectivity index (χ2n) is 6.65. The molecule has 18 heavy (non-hydrogen) atoms. The first-order valence-corrected chi connectivity index (χ1v) is 8.26. The topological polar surface area (TPSA) is 15.3 Å². The zero-order valence-corrected chi connectivity index (χ0v) is 12.5.